The van der Waals surface area contributed by atoms with Crippen LogP contribution in [0.4, 0.5) is 5.82 Å². The Hall–Kier alpha value is -1.40. The van der Waals surface area contributed by atoms with Crippen molar-refractivity contribution in [2.24, 2.45) is 5.92 Å². The molecule has 0 aromatic carbocycles. The van der Waals surface area contributed by atoms with E-state index in [1.807, 2.05) is 16.9 Å². The van der Waals surface area contributed by atoms with Gasteiger partial charge in [0, 0.05) is 38.9 Å². The number of hydrogen-bond acceptors (Lipinski definition) is 4. The second-order valence-corrected chi connectivity index (χ2v) is 5.59. The molecule has 0 spiro atoms. The fraction of sp³-hybridized carbons (Fsp3) is 0.733. The van der Waals surface area contributed by atoms with E-state index in [-0.39, 0.29) is 5.91 Å². The van der Waals surface area contributed by atoms with Gasteiger partial charge >= 0.3 is 0 Å². The third-order valence-electron chi connectivity index (χ3n) is 3.88. The highest BCUT2D eigenvalue weighted by Crippen LogP contribution is 2.18. The minimum Gasteiger partial charge on any atom is -0.385 e. The van der Waals surface area contributed by atoms with Crippen LogP contribution < -0.4 is 10.6 Å². The highest BCUT2D eigenvalue weighted by atomic mass is 16.5. The van der Waals surface area contributed by atoms with Crippen LogP contribution in [-0.4, -0.2) is 42.5 Å². The molecule has 118 valence electrons. The Labute approximate surface area is 126 Å². The third kappa shape index (κ3) is 5.85. The number of hydrogen-bond donors (Lipinski definition) is 2. The van der Waals surface area contributed by atoms with Crippen LogP contribution in [0.3, 0.4) is 0 Å². The fourth-order valence-corrected chi connectivity index (χ4v) is 2.63. The lowest BCUT2D eigenvalue weighted by atomic mass is 9.93. The standard InChI is InChI=1S/C15H26N4O2/c1-21-12-2-10-19-11-7-14(18-19)17-15(20)4-3-13-5-8-16-9-6-13/h7,11,13,16H,2-6,8-10,12H2,1H3,(H,17,18,20). The summed E-state index contributed by atoms with van der Waals surface area (Å²) < 4.78 is 6.84. The smallest absolute Gasteiger partial charge is 0.225 e. The molecule has 0 aliphatic carbocycles. The van der Waals surface area contributed by atoms with Crippen molar-refractivity contribution in [2.45, 2.75) is 38.6 Å². The van der Waals surface area contributed by atoms with Crippen molar-refractivity contribution in [3.63, 3.8) is 0 Å². The first-order valence-corrected chi connectivity index (χ1v) is 7.81. The summed E-state index contributed by atoms with van der Waals surface area (Å²) in [5.41, 5.74) is 0. The van der Waals surface area contributed by atoms with Crippen LogP contribution in [0.25, 0.3) is 0 Å². The Kier molecular flexibility index (Phi) is 6.69. The Balaban J connectivity index is 1.67. The summed E-state index contributed by atoms with van der Waals surface area (Å²) in [6, 6.07) is 1.84. The van der Waals surface area contributed by atoms with E-state index in [1.165, 1.54) is 12.8 Å². The summed E-state index contributed by atoms with van der Waals surface area (Å²) in [6.45, 7) is 3.69. The van der Waals surface area contributed by atoms with Crippen molar-refractivity contribution in [2.75, 3.05) is 32.1 Å². The summed E-state index contributed by atoms with van der Waals surface area (Å²) in [7, 11) is 1.69. The highest BCUT2D eigenvalue weighted by molar-refractivity contribution is 5.89. The van der Waals surface area contributed by atoms with Gasteiger partial charge in [-0.25, -0.2) is 0 Å². The molecule has 0 atom stereocenters. The van der Waals surface area contributed by atoms with Crippen molar-refractivity contribution in [3.8, 4) is 0 Å². The predicted octanol–water partition coefficient (Wildman–Crippen LogP) is 1.64. The monoisotopic (exact) mass is 294 g/mol. The second-order valence-electron chi connectivity index (χ2n) is 5.59. The lowest BCUT2D eigenvalue weighted by Gasteiger charge is -2.21. The normalized spacial score (nSPS) is 16.0. The van der Waals surface area contributed by atoms with Crippen molar-refractivity contribution in [1.29, 1.82) is 0 Å². The average molecular weight is 294 g/mol. The minimum absolute atomic E-state index is 0.0654. The number of aromatic nitrogens is 2. The van der Waals surface area contributed by atoms with E-state index in [9.17, 15) is 4.79 Å². The number of rotatable bonds is 8. The van der Waals surface area contributed by atoms with Gasteiger partial charge in [0.25, 0.3) is 0 Å². The molecule has 2 rings (SSSR count). The van der Waals surface area contributed by atoms with Gasteiger partial charge in [-0.05, 0) is 44.7 Å². The number of amides is 1. The third-order valence-corrected chi connectivity index (χ3v) is 3.88. The maximum Gasteiger partial charge on any atom is 0.225 e. The molecule has 0 radical (unpaired) electrons. The Morgan fingerprint density at radius 1 is 1.52 bits per heavy atom. The van der Waals surface area contributed by atoms with Crippen molar-refractivity contribution in [3.05, 3.63) is 12.3 Å². The summed E-state index contributed by atoms with van der Waals surface area (Å²) in [4.78, 5) is 11.9. The van der Waals surface area contributed by atoms with Crippen LogP contribution in [0.2, 0.25) is 0 Å². The van der Waals surface area contributed by atoms with E-state index in [4.69, 9.17) is 4.74 Å². The molecule has 1 aliphatic rings. The summed E-state index contributed by atoms with van der Waals surface area (Å²) >= 11 is 0. The molecule has 2 N–H and O–H groups in total. The van der Waals surface area contributed by atoms with Crippen LogP contribution >= 0.6 is 0 Å². The Bertz CT molecular complexity index is 427. The van der Waals surface area contributed by atoms with Gasteiger partial charge in [0.2, 0.25) is 5.91 Å². The molecule has 1 saturated heterocycles. The van der Waals surface area contributed by atoms with E-state index in [2.05, 4.69) is 15.7 Å². The molecule has 0 unspecified atom stereocenters. The van der Waals surface area contributed by atoms with Crippen molar-refractivity contribution >= 4 is 11.7 Å². The Morgan fingerprint density at radius 3 is 3.10 bits per heavy atom. The van der Waals surface area contributed by atoms with E-state index in [0.717, 1.165) is 39.1 Å². The first kappa shape index (κ1) is 16.0. The van der Waals surface area contributed by atoms with Gasteiger partial charge < -0.3 is 15.4 Å². The Morgan fingerprint density at radius 2 is 2.33 bits per heavy atom. The van der Waals surface area contributed by atoms with Gasteiger partial charge in [-0.1, -0.05) is 0 Å². The van der Waals surface area contributed by atoms with Crippen molar-refractivity contribution in [1.82, 2.24) is 15.1 Å². The first-order valence-electron chi connectivity index (χ1n) is 7.81. The topological polar surface area (TPSA) is 68.2 Å². The van der Waals surface area contributed by atoms with Gasteiger partial charge in [-0.2, -0.15) is 5.10 Å². The lowest BCUT2D eigenvalue weighted by molar-refractivity contribution is -0.116. The molecular weight excluding hydrogens is 268 g/mol. The minimum atomic E-state index is 0.0654. The quantitative estimate of drug-likeness (QED) is 0.715. The van der Waals surface area contributed by atoms with Gasteiger partial charge in [-0.15, -0.1) is 0 Å². The zero-order valence-electron chi connectivity index (χ0n) is 12.8. The second kappa shape index (κ2) is 8.79. The highest BCUT2D eigenvalue weighted by Gasteiger charge is 2.14. The van der Waals surface area contributed by atoms with Crippen LogP contribution in [0.1, 0.15) is 32.1 Å². The molecule has 0 saturated carbocycles. The first-order chi connectivity index (χ1) is 10.3. The molecule has 6 heteroatoms. The van der Waals surface area contributed by atoms with Crippen LogP contribution in [-0.2, 0) is 16.1 Å². The zero-order chi connectivity index (χ0) is 14.9. The number of nitrogens with zero attached hydrogens (tertiary/aromatic N) is 2. The van der Waals surface area contributed by atoms with Crippen LogP contribution in [0, 0.1) is 5.92 Å². The van der Waals surface area contributed by atoms with Gasteiger partial charge in [0.15, 0.2) is 5.82 Å². The average Bonchev–Trinajstić information content (AvgIpc) is 2.94. The summed E-state index contributed by atoms with van der Waals surface area (Å²) in [5, 5.41) is 10.6. The number of ether oxygens (including phenoxy) is 1. The number of anilines is 1. The summed E-state index contributed by atoms with van der Waals surface area (Å²) in [6.07, 6.45) is 6.73. The molecule has 6 nitrogen and oxygen atoms in total. The maximum atomic E-state index is 11.9. The van der Waals surface area contributed by atoms with E-state index < -0.39 is 0 Å². The molecule has 2 heterocycles. The number of nitrogens with one attached hydrogen (secondary N) is 2. The summed E-state index contributed by atoms with van der Waals surface area (Å²) in [5.74, 6) is 1.39. The van der Waals surface area contributed by atoms with E-state index >= 15 is 0 Å². The number of methoxy groups -OCH3 is 1. The molecule has 1 aliphatic heterocycles. The molecule has 1 fully saturated rings. The van der Waals surface area contributed by atoms with Crippen LogP contribution in [0.5, 0.6) is 0 Å². The maximum absolute atomic E-state index is 11.9. The SMILES string of the molecule is COCCCn1ccc(NC(=O)CCC2CCNCC2)n1. The lowest BCUT2D eigenvalue weighted by Crippen LogP contribution is -2.28. The fourth-order valence-electron chi connectivity index (χ4n) is 2.63. The van der Waals surface area contributed by atoms with Crippen LogP contribution in [0.15, 0.2) is 12.3 Å². The zero-order valence-corrected chi connectivity index (χ0v) is 12.8. The predicted molar refractivity (Wildman–Crippen MR) is 82.2 cm³/mol. The van der Waals surface area contributed by atoms with Gasteiger partial charge in [0.05, 0.1) is 0 Å². The van der Waals surface area contributed by atoms with Gasteiger partial charge in [0.1, 0.15) is 0 Å². The largest absolute Gasteiger partial charge is 0.385 e. The number of piperidine rings is 1. The molecule has 1 aromatic heterocycles. The number of carbonyl (C=O) groups excluding carboxylic acids is 1. The molecule has 1 amide bonds. The number of aryl methyl sites for hydroxylation is 1. The molecule has 1 aromatic rings. The molecular formula is C15H26N4O2. The van der Waals surface area contributed by atoms with Gasteiger partial charge in [-0.3, -0.25) is 9.48 Å². The van der Waals surface area contributed by atoms with E-state index in [0.29, 0.717) is 18.2 Å². The molecule has 0 bridgehead atoms. The van der Waals surface area contributed by atoms with Crippen molar-refractivity contribution < 1.29 is 9.53 Å². The van der Waals surface area contributed by atoms with E-state index in [1.54, 1.807) is 7.11 Å². The number of carbonyl (C=O) groups is 1. The molecule has 21 heavy (non-hydrogen) atoms.